The number of anilines is 2. The van der Waals surface area contributed by atoms with Gasteiger partial charge < -0.3 is 15.4 Å². The van der Waals surface area contributed by atoms with Crippen LogP contribution in [0.4, 0.5) is 11.4 Å². The predicted molar refractivity (Wildman–Crippen MR) is 107 cm³/mol. The number of rotatable bonds is 6. The summed E-state index contributed by atoms with van der Waals surface area (Å²) in [6, 6.07) is 23.8. The van der Waals surface area contributed by atoms with Gasteiger partial charge in [0.05, 0.1) is 19.3 Å². The second-order valence-corrected chi connectivity index (χ2v) is 6.02. The van der Waals surface area contributed by atoms with Crippen molar-refractivity contribution in [1.82, 2.24) is 0 Å². The molecule has 0 atom stereocenters. The van der Waals surface area contributed by atoms with Crippen molar-refractivity contribution in [1.29, 1.82) is 0 Å². The summed E-state index contributed by atoms with van der Waals surface area (Å²) in [5.41, 5.74) is 4.83. The molecule has 0 aliphatic heterocycles. The van der Waals surface area contributed by atoms with Gasteiger partial charge in [-0.05, 0) is 36.2 Å². The molecule has 2 N–H and O–H groups in total. The second-order valence-electron chi connectivity index (χ2n) is 6.02. The van der Waals surface area contributed by atoms with Crippen LogP contribution in [0.3, 0.4) is 0 Å². The van der Waals surface area contributed by atoms with E-state index < -0.39 is 0 Å². The molecule has 0 aliphatic carbocycles. The van der Waals surface area contributed by atoms with Crippen molar-refractivity contribution in [3.63, 3.8) is 0 Å². The Bertz CT molecular complexity index is 892. The Labute approximate surface area is 153 Å². The van der Waals surface area contributed by atoms with Gasteiger partial charge in [0.15, 0.2) is 0 Å². The molecule has 1 amide bonds. The Balaban J connectivity index is 1.70. The molecule has 0 fully saturated rings. The van der Waals surface area contributed by atoms with Crippen molar-refractivity contribution < 1.29 is 9.53 Å². The number of hydrogen-bond donors (Lipinski definition) is 2. The van der Waals surface area contributed by atoms with Crippen LogP contribution in [0, 0.1) is 6.92 Å². The minimum atomic E-state index is -0.128. The topological polar surface area (TPSA) is 50.4 Å². The lowest BCUT2D eigenvalue weighted by atomic mass is 10.0. The van der Waals surface area contributed by atoms with E-state index in [1.54, 1.807) is 7.11 Å². The fourth-order valence-electron chi connectivity index (χ4n) is 2.80. The van der Waals surface area contributed by atoms with E-state index in [9.17, 15) is 4.79 Å². The van der Waals surface area contributed by atoms with E-state index in [1.807, 2.05) is 67.6 Å². The molecule has 0 aliphatic rings. The number of carbonyl (C=O) groups excluding carboxylic acids is 1. The van der Waals surface area contributed by atoms with E-state index >= 15 is 0 Å². The van der Waals surface area contributed by atoms with Crippen molar-refractivity contribution in [3.8, 4) is 16.9 Å². The predicted octanol–water partition coefficient (Wildman–Crippen LogP) is 4.72. The quantitative estimate of drug-likeness (QED) is 0.679. The number of amides is 1. The summed E-state index contributed by atoms with van der Waals surface area (Å²) in [7, 11) is 1.59. The molecule has 0 bridgehead atoms. The molecule has 0 saturated heterocycles. The summed E-state index contributed by atoms with van der Waals surface area (Å²) in [5, 5.41) is 6.14. The lowest BCUT2D eigenvalue weighted by Crippen LogP contribution is -2.22. The van der Waals surface area contributed by atoms with Gasteiger partial charge in [0.25, 0.3) is 0 Å². The molecule has 0 unspecified atom stereocenters. The molecule has 3 rings (SSSR count). The first kappa shape index (κ1) is 17.5. The highest BCUT2D eigenvalue weighted by Gasteiger charge is 2.09. The number of aryl methyl sites for hydroxylation is 1. The number of hydrogen-bond acceptors (Lipinski definition) is 3. The first-order valence-electron chi connectivity index (χ1n) is 8.50. The summed E-state index contributed by atoms with van der Waals surface area (Å²) in [4.78, 5) is 12.4. The fourth-order valence-corrected chi connectivity index (χ4v) is 2.80. The first-order valence-corrected chi connectivity index (χ1v) is 8.50. The van der Waals surface area contributed by atoms with Gasteiger partial charge in [-0.3, -0.25) is 4.79 Å². The van der Waals surface area contributed by atoms with E-state index in [2.05, 4.69) is 22.8 Å². The van der Waals surface area contributed by atoms with Crippen molar-refractivity contribution in [2.75, 3.05) is 24.3 Å². The zero-order valence-electron chi connectivity index (χ0n) is 15.0. The van der Waals surface area contributed by atoms with Crippen LogP contribution in [0.1, 0.15) is 5.56 Å². The molecule has 0 heterocycles. The minimum Gasteiger partial charge on any atom is -0.495 e. The maximum absolute atomic E-state index is 12.4. The van der Waals surface area contributed by atoms with E-state index in [0.717, 1.165) is 22.4 Å². The average molecular weight is 346 g/mol. The molecule has 0 radical (unpaired) electrons. The van der Waals surface area contributed by atoms with Crippen molar-refractivity contribution in [3.05, 3.63) is 78.4 Å². The van der Waals surface area contributed by atoms with E-state index in [-0.39, 0.29) is 12.5 Å². The third-order valence-electron chi connectivity index (χ3n) is 4.08. The Hall–Kier alpha value is -3.27. The van der Waals surface area contributed by atoms with Gasteiger partial charge in [-0.2, -0.15) is 0 Å². The molecule has 4 nitrogen and oxygen atoms in total. The summed E-state index contributed by atoms with van der Waals surface area (Å²) >= 11 is 0. The first-order chi connectivity index (χ1) is 12.7. The van der Waals surface area contributed by atoms with Crippen LogP contribution >= 0.6 is 0 Å². The lowest BCUT2D eigenvalue weighted by molar-refractivity contribution is -0.114. The zero-order chi connectivity index (χ0) is 18.4. The fraction of sp³-hybridized carbons (Fsp3) is 0.136. The van der Waals surface area contributed by atoms with Crippen LogP contribution in [0.15, 0.2) is 72.8 Å². The van der Waals surface area contributed by atoms with Crippen LogP contribution in [0.5, 0.6) is 5.75 Å². The highest BCUT2D eigenvalue weighted by Crippen LogP contribution is 2.28. The van der Waals surface area contributed by atoms with Gasteiger partial charge in [0, 0.05) is 11.3 Å². The number of nitrogens with one attached hydrogen (secondary N) is 2. The van der Waals surface area contributed by atoms with Gasteiger partial charge in [-0.25, -0.2) is 0 Å². The second kappa shape index (κ2) is 8.21. The molecule has 3 aromatic rings. The molecular weight excluding hydrogens is 324 g/mol. The third-order valence-corrected chi connectivity index (χ3v) is 4.08. The molecular formula is C22H22N2O2. The largest absolute Gasteiger partial charge is 0.495 e. The van der Waals surface area contributed by atoms with Crippen LogP contribution < -0.4 is 15.4 Å². The molecule has 0 aromatic heterocycles. The van der Waals surface area contributed by atoms with Gasteiger partial charge in [-0.1, -0.05) is 54.6 Å². The molecule has 0 saturated carbocycles. The van der Waals surface area contributed by atoms with Gasteiger partial charge in [0.2, 0.25) is 5.91 Å². The molecule has 3 aromatic carbocycles. The summed E-state index contributed by atoms with van der Waals surface area (Å²) in [6.07, 6.45) is 0. The monoisotopic (exact) mass is 346 g/mol. The maximum Gasteiger partial charge on any atom is 0.243 e. The van der Waals surface area contributed by atoms with Gasteiger partial charge >= 0.3 is 0 Å². The number of para-hydroxylation sites is 1. The molecule has 26 heavy (non-hydrogen) atoms. The van der Waals surface area contributed by atoms with Crippen molar-refractivity contribution in [2.24, 2.45) is 0 Å². The number of carbonyl (C=O) groups is 1. The Morgan fingerprint density at radius 2 is 1.65 bits per heavy atom. The Morgan fingerprint density at radius 1 is 0.923 bits per heavy atom. The summed E-state index contributed by atoms with van der Waals surface area (Å²) < 4.78 is 5.31. The average Bonchev–Trinajstić information content (AvgIpc) is 2.67. The lowest BCUT2D eigenvalue weighted by Gasteiger charge is -2.14. The highest BCUT2D eigenvalue weighted by molar-refractivity contribution is 5.95. The van der Waals surface area contributed by atoms with Gasteiger partial charge in [-0.15, -0.1) is 0 Å². The van der Waals surface area contributed by atoms with Crippen LogP contribution in [-0.2, 0) is 4.79 Å². The number of benzene rings is 3. The van der Waals surface area contributed by atoms with E-state index in [0.29, 0.717) is 11.4 Å². The number of methoxy groups -OCH3 is 1. The third kappa shape index (κ3) is 4.22. The van der Waals surface area contributed by atoms with Gasteiger partial charge in [0.1, 0.15) is 5.75 Å². The maximum atomic E-state index is 12.4. The summed E-state index contributed by atoms with van der Waals surface area (Å²) in [6.45, 7) is 2.14. The Kier molecular flexibility index (Phi) is 5.54. The van der Waals surface area contributed by atoms with Crippen LogP contribution in [0.25, 0.3) is 11.1 Å². The van der Waals surface area contributed by atoms with E-state index in [4.69, 9.17) is 4.74 Å². The Morgan fingerprint density at radius 3 is 2.42 bits per heavy atom. The summed E-state index contributed by atoms with van der Waals surface area (Å²) in [5.74, 6) is 0.519. The SMILES string of the molecule is COc1ccc(C)cc1NC(=O)CNc1ccccc1-c1ccccc1. The highest BCUT2D eigenvalue weighted by atomic mass is 16.5. The smallest absolute Gasteiger partial charge is 0.243 e. The van der Waals surface area contributed by atoms with E-state index in [1.165, 1.54) is 0 Å². The van der Waals surface area contributed by atoms with Crippen LogP contribution in [0.2, 0.25) is 0 Å². The number of ether oxygens (including phenoxy) is 1. The molecule has 132 valence electrons. The standard InChI is InChI=1S/C22H22N2O2/c1-16-12-13-21(26-2)20(14-16)24-22(25)15-23-19-11-7-6-10-18(19)17-8-4-3-5-9-17/h3-14,23H,15H2,1-2H3,(H,24,25). The normalized spacial score (nSPS) is 10.2. The van der Waals surface area contributed by atoms with Crippen LogP contribution in [-0.4, -0.2) is 19.6 Å². The zero-order valence-corrected chi connectivity index (χ0v) is 15.0. The minimum absolute atomic E-state index is 0.128. The molecule has 0 spiro atoms. The molecule has 4 heteroatoms. The van der Waals surface area contributed by atoms with Crippen molar-refractivity contribution in [2.45, 2.75) is 6.92 Å². The van der Waals surface area contributed by atoms with Crippen molar-refractivity contribution >= 4 is 17.3 Å².